The normalized spacial score (nSPS) is 22.7. The lowest BCUT2D eigenvalue weighted by molar-refractivity contribution is -0.151. The third-order valence-electron chi connectivity index (χ3n) is 4.58. The fourth-order valence-corrected chi connectivity index (χ4v) is 3.11. The van der Waals surface area contributed by atoms with Gasteiger partial charge in [-0.25, -0.2) is 0 Å². The molecule has 1 aromatic rings. The molecule has 1 atom stereocenters. The molecule has 0 radical (unpaired) electrons. The first-order valence-corrected chi connectivity index (χ1v) is 7.66. The van der Waals surface area contributed by atoms with Crippen LogP contribution in [-0.2, 0) is 11.3 Å². The van der Waals surface area contributed by atoms with E-state index in [0.29, 0.717) is 13.2 Å². The zero-order chi connectivity index (χ0) is 15.5. The molecule has 1 aliphatic rings. The van der Waals surface area contributed by atoms with E-state index < -0.39 is 11.4 Å². The molecule has 0 saturated carbocycles. The molecular weight excluding hydrogens is 266 g/mol. The monoisotopic (exact) mass is 291 g/mol. The lowest BCUT2D eigenvalue weighted by Crippen LogP contribution is -2.39. The second-order valence-electron chi connectivity index (χ2n) is 6.12. The number of hydrogen-bond acceptors (Lipinski definition) is 3. The Morgan fingerprint density at radius 3 is 2.71 bits per heavy atom. The number of likely N-dealkylation sites (tertiary alicyclic amines) is 1. The van der Waals surface area contributed by atoms with Crippen molar-refractivity contribution >= 4 is 5.97 Å². The molecule has 4 heteroatoms. The number of aliphatic carboxylic acids is 1. The van der Waals surface area contributed by atoms with Gasteiger partial charge in [0, 0.05) is 18.7 Å². The lowest BCUT2D eigenvalue weighted by atomic mass is 9.76. The summed E-state index contributed by atoms with van der Waals surface area (Å²) in [6.45, 7) is 8.81. The summed E-state index contributed by atoms with van der Waals surface area (Å²) in [6.07, 6.45) is 0.719. The second-order valence-corrected chi connectivity index (χ2v) is 6.12. The summed E-state index contributed by atoms with van der Waals surface area (Å²) in [5, 5.41) is 9.61. The number of carbonyl (C=O) groups is 1. The van der Waals surface area contributed by atoms with Gasteiger partial charge < -0.3 is 9.84 Å². The van der Waals surface area contributed by atoms with Crippen molar-refractivity contribution in [1.82, 2.24) is 4.90 Å². The molecule has 0 bridgehead atoms. The number of carboxylic acids is 1. The zero-order valence-corrected chi connectivity index (χ0v) is 13.1. The van der Waals surface area contributed by atoms with Crippen LogP contribution in [0.2, 0.25) is 0 Å². The average molecular weight is 291 g/mol. The number of benzene rings is 1. The molecule has 1 saturated heterocycles. The smallest absolute Gasteiger partial charge is 0.311 e. The molecule has 21 heavy (non-hydrogen) atoms. The molecule has 1 heterocycles. The van der Waals surface area contributed by atoms with Crippen LogP contribution in [-0.4, -0.2) is 35.7 Å². The van der Waals surface area contributed by atoms with Crippen molar-refractivity contribution < 1.29 is 14.6 Å². The van der Waals surface area contributed by atoms with Crippen LogP contribution in [0.15, 0.2) is 24.3 Å². The van der Waals surface area contributed by atoms with Gasteiger partial charge in [0.2, 0.25) is 0 Å². The standard InChI is InChI=1S/C17H25NO3/c1-4-21-15-8-6-5-7-14(15)11-18-10-9-17(12-18,13(2)3)16(19)20/h5-8,13H,4,9-12H2,1-3H3,(H,19,20). The van der Waals surface area contributed by atoms with Gasteiger partial charge in [-0.05, 0) is 31.9 Å². The second kappa shape index (κ2) is 6.48. The Morgan fingerprint density at radius 1 is 1.43 bits per heavy atom. The van der Waals surface area contributed by atoms with Crippen molar-refractivity contribution in [3.63, 3.8) is 0 Å². The quantitative estimate of drug-likeness (QED) is 0.875. The molecule has 1 N–H and O–H groups in total. The van der Waals surface area contributed by atoms with E-state index in [2.05, 4.69) is 11.0 Å². The zero-order valence-electron chi connectivity index (χ0n) is 13.1. The summed E-state index contributed by atoms with van der Waals surface area (Å²) in [6, 6.07) is 8.00. The van der Waals surface area contributed by atoms with Crippen molar-refractivity contribution in [3.8, 4) is 5.75 Å². The van der Waals surface area contributed by atoms with E-state index in [1.165, 1.54) is 0 Å². The van der Waals surface area contributed by atoms with E-state index in [-0.39, 0.29) is 5.92 Å². The fourth-order valence-electron chi connectivity index (χ4n) is 3.11. The van der Waals surface area contributed by atoms with Gasteiger partial charge in [-0.1, -0.05) is 32.0 Å². The summed E-state index contributed by atoms with van der Waals surface area (Å²) >= 11 is 0. The molecule has 116 valence electrons. The van der Waals surface area contributed by atoms with E-state index in [0.717, 1.165) is 30.8 Å². The third kappa shape index (κ3) is 3.21. The minimum absolute atomic E-state index is 0.141. The Bertz CT molecular complexity index is 501. The third-order valence-corrected chi connectivity index (χ3v) is 4.58. The van der Waals surface area contributed by atoms with Crippen LogP contribution in [0.4, 0.5) is 0 Å². The molecule has 1 aromatic carbocycles. The predicted octanol–water partition coefficient (Wildman–Crippen LogP) is 3.02. The highest BCUT2D eigenvalue weighted by Gasteiger charge is 2.47. The highest BCUT2D eigenvalue weighted by molar-refractivity contribution is 5.75. The maximum atomic E-state index is 11.7. The largest absolute Gasteiger partial charge is 0.494 e. The van der Waals surface area contributed by atoms with Gasteiger partial charge in [0.15, 0.2) is 0 Å². The molecule has 4 nitrogen and oxygen atoms in total. The van der Waals surface area contributed by atoms with E-state index >= 15 is 0 Å². The van der Waals surface area contributed by atoms with Crippen molar-refractivity contribution in [1.29, 1.82) is 0 Å². The maximum Gasteiger partial charge on any atom is 0.311 e. The first-order chi connectivity index (χ1) is 9.99. The first kappa shape index (κ1) is 15.8. The molecule has 0 aliphatic carbocycles. The van der Waals surface area contributed by atoms with Crippen molar-refractivity contribution in [3.05, 3.63) is 29.8 Å². The van der Waals surface area contributed by atoms with Gasteiger partial charge in [-0.2, -0.15) is 0 Å². The summed E-state index contributed by atoms with van der Waals surface area (Å²) in [5.41, 5.74) is 0.518. The maximum absolute atomic E-state index is 11.7. The summed E-state index contributed by atoms with van der Waals surface area (Å²) in [5.74, 6) is 0.373. The van der Waals surface area contributed by atoms with Crippen LogP contribution in [0.1, 0.15) is 32.8 Å². The Morgan fingerprint density at radius 2 is 2.14 bits per heavy atom. The van der Waals surface area contributed by atoms with Crippen LogP contribution < -0.4 is 4.74 Å². The minimum Gasteiger partial charge on any atom is -0.494 e. The topological polar surface area (TPSA) is 49.8 Å². The van der Waals surface area contributed by atoms with E-state index in [4.69, 9.17) is 4.74 Å². The molecule has 1 unspecified atom stereocenters. The SMILES string of the molecule is CCOc1ccccc1CN1CCC(C(=O)O)(C(C)C)C1. The van der Waals surface area contributed by atoms with Crippen molar-refractivity contribution in [2.75, 3.05) is 19.7 Å². The van der Waals surface area contributed by atoms with E-state index in [1.54, 1.807) is 0 Å². The number of rotatable bonds is 6. The Hall–Kier alpha value is -1.55. The molecule has 2 rings (SSSR count). The van der Waals surface area contributed by atoms with Crippen LogP contribution in [0, 0.1) is 11.3 Å². The Kier molecular flexibility index (Phi) is 4.88. The van der Waals surface area contributed by atoms with Gasteiger partial charge in [-0.15, -0.1) is 0 Å². The van der Waals surface area contributed by atoms with Crippen LogP contribution >= 0.6 is 0 Å². The molecule has 0 aromatic heterocycles. The van der Waals surface area contributed by atoms with Gasteiger partial charge in [0.05, 0.1) is 12.0 Å². The van der Waals surface area contributed by atoms with Crippen molar-refractivity contribution in [2.45, 2.75) is 33.7 Å². The fraction of sp³-hybridized carbons (Fsp3) is 0.588. The number of hydrogen-bond donors (Lipinski definition) is 1. The van der Waals surface area contributed by atoms with Gasteiger partial charge in [0.25, 0.3) is 0 Å². The average Bonchev–Trinajstić information content (AvgIpc) is 2.87. The van der Waals surface area contributed by atoms with Gasteiger partial charge >= 0.3 is 5.97 Å². The van der Waals surface area contributed by atoms with Gasteiger partial charge in [0.1, 0.15) is 5.75 Å². The Balaban J connectivity index is 2.11. The van der Waals surface area contributed by atoms with E-state index in [1.807, 2.05) is 39.0 Å². The molecule has 1 fully saturated rings. The minimum atomic E-state index is -0.668. The lowest BCUT2D eigenvalue weighted by Gasteiger charge is -2.29. The van der Waals surface area contributed by atoms with Crippen LogP contribution in [0.5, 0.6) is 5.75 Å². The number of para-hydroxylation sites is 1. The summed E-state index contributed by atoms with van der Waals surface area (Å²) in [7, 11) is 0. The van der Waals surface area contributed by atoms with Crippen LogP contribution in [0.3, 0.4) is 0 Å². The first-order valence-electron chi connectivity index (χ1n) is 7.66. The number of carboxylic acid groups (broad SMARTS) is 1. The molecule has 0 spiro atoms. The number of nitrogens with zero attached hydrogens (tertiary/aromatic N) is 1. The predicted molar refractivity (Wildman–Crippen MR) is 82.4 cm³/mol. The highest BCUT2D eigenvalue weighted by atomic mass is 16.5. The van der Waals surface area contributed by atoms with Crippen molar-refractivity contribution in [2.24, 2.45) is 11.3 Å². The summed E-state index contributed by atoms with van der Waals surface area (Å²) < 4.78 is 5.65. The molecular formula is C17H25NO3. The van der Waals surface area contributed by atoms with E-state index in [9.17, 15) is 9.90 Å². The van der Waals surface area contributed by atoms with Gasteiger partial charge in [-0.3, -0.25) is 9.69 Å². The van der Waals surface area contributed by atoms with Crippen LogP contribution in [0.25, 0.3) is 0 Å². The summed E-state index contributed by atoms with van der Waals surface area (Å²) in [4.78, 5) is 13.9. The highest BCUT2D eigenvalue weighted by Crippen LogP contribution is 2.39. The Labute approximate surface area is 126 Å². The molecule has 1 aliphatic heterocycles. The molecule has 0 amide bonds. The number of ether oxygens (including phenoxy) is 1.